The largest absolute Gasteiger partial charge is 0.416 e. The fourth-order valence-corrected chi connectivity index (χ4v) is 8.26. The number of aliphatic hydroxyl groups excluding tert-OH is 1. The monoisotopic (exact) mass is 461 g/mol. The highest BCUT2D eigenvalue weighted by atomic mass is 19.4. The van der Waals surface area contributed by atoms with Gasteiger partial charge in [-0.1, -0.05) is 38.1 Å². The third-order valence-electron chi connectivity index (χ3n) is 10.00. The predicted octanol–water partition coefficient (Wildman–Crippen LogP) is 5.47. The summed E-state index contributed by atoms with van der Waals surface area (Å²) in [5.74, 6) is 1.34. The van der Waals surface area contributed by atoms with Crippen LogP contribution in [-0.4, -0.2) is 35.1 Å². The molecule has 5 rings (SSSR count). The van der Waals surface area contributed by atoms with Gasteiger partial charge in [0.25, 0.3) is 0 Å². The molecule has 4 aliphatic rings. The average molecular weight is 462 g/mol. The van der Waals surface area contributed by atoms with Crippen molar-refractivity contribution in [2.45, 2.75) is 70.7 Å². The van der Waals surface area contributed by atoms with E-state index in [0.29, 0.717) is 29.7 Å². The maximum absolute atomic E-state index is 13.2. The predicted molar refractivity (Wildman–Crippen MR) is 120 cm³/mol. The minimum Gasteiger partial charge on any atom is -0.392 e. The second-order valence-corrected chi connectivity index (χ2v) is 11.5. The Morgan fingerprint density at radius 2 is 1.91 bits per heavy atom. The van der Waals surface area contributed by atoms with Crippen LogP contribution in [0.3, 0.4) is 0 Å². The van der Waals surface area contributed by atoms with Crippen molar-refractivity contribution in [2.75, 3.05) is 7.05 Å². The molecule has 6 heteroatoms. The number of halogens is 3. The molecule has 0 aromatic heterocycles. The second-order valence-electron chi connectivity index (χ2n) is 11.5. The number of carbonyl (C=O) groups is 1. The van der Waals surface area contributed by atoms with Gasteiger partial charge < -0.3 is 10.0 Å². The molecule has 180 valence electrons. The molecule has 3 saturated carbocycles. The number of amides is 1. The molecule has 3 fully saturated rings. The smallest absolute Gasteiger partial charge is 0.392 e. The van der Waals surface area contributed by atoms with Gasteiger partial charge in [-0.15, -0.1) is 0 Å². The van der Waals surface area contributed by atoms with E-state index >= 15 is 0 Å². The molecule has 33 heavy (non-hydrogen) atoms. The molecule has 3 aliphatic carbocycles. The van der Waals surface area contributed by atoms with Crippen molar-refractivity contribution in [3.63, 3.8) is 0 Å². The van der Waals surface area contributed by atoms with Crippen LogP contribution in [0.4, 0.5) is 13.2 Å². The molecule has 0 spiro atoms. The van der Waals surface area contributed by atoms with Gasteiger partial charge in [0.05, 0.1) is 11.7 Å². The first-order chi connectivity index (χ1) is 15.4. The summed E-state index contributed by atoms with van der Waals surface area (Å²) >= 11 is 0. The summed E-state index contributed by atoms with van der Waals surface area (Å²) in [6, 6.07) is 5.79. The van der Waals surface area contributed by atoms with E-state index < -0.39 is 17.8 Å². The summed E-state index contributed by atoms with van der Waals surface area (Å²) in [5.41, 5.74) is -0.225. The van der Waals surface area contributed by atoms with E-state index in [1.54, 1.807) is 12.1 Å². The highest BCUT2D eigenvalue weighted by Gasteiger charge is 2.62. The van der Waals surface area contributed by atoms with E-state index in [-0.39, 0.29) is 28.7 Å². The fourth-order valence-electron chi connectivity index (χ4n) is 8.26. The molecule has 1 N–H and O–H groups in total. The Kier molecular flexibility index (Phi) is 5.28. The van der Waals surface area contributed by atoms with Crippen molar-refractivity contribution in [1.82, 2.24) is 4.90 Å². The van der Waals surface area contributed by atoms with Crippen molar-refractivity contribution in [3.05, 3.63) is 47.5 Å². The van der Waals surface area contributed by atoms with Gasteiger partial charge >= 0.3 is 6.18 Å². The lowest BCUT2D eigenvalue weighted by molar-refractivity contribution is -0.140. The highest BCUT2D eigenvalue weighted by molar-refractivity contribution is 5.89. The molecule has 0 saturated heterocycles. The third kappa shape index (κ3) is 3.46. The van der Waals surface area contributed by atoms with E-state index in [0.717, 1.165) is 38.2 Å². The van der Waals surface area contributed by atoms with Crippen LogP contribution in [0.15, 0.2) is 36.4 Å². The lowest BCUT2D eigenvalue weighted by atomic mass is 9.48. The Labute approximate surface area is 194 Å². The van der Waals surface area contributed by atoms with Crippen LogP contribution in [0.1, 0.15) is 57.1 Å². The Bertz CT molecular complexity index is 974. The van der Waals surface area contributed by atoms with Crippen LogP contribution in [0, 0.1) is 34.5 Å². The number of benzene rings is 1. The molecule has 3 nitrogen and oxygen atoms in total. The first-order valence-corrected chi connectivity index (χ1v) is 12.3. The number of carbonyl (C=O) groups excluding carboxylic acids is 1. The molecular formula is C27H34F3NO2. The summed E-state index contributed by atoms with van der Waals surface area (Å²) in [6.45, 7) is 4.49. The van der Waals surface area contributed by atoms with Crippen LogP contribution in [0.5, 0.6) is 0 Å². The van der Waals surface area contributed by atoms with Crippen molar-refractivity contribution in [1.29, 1.82) is 0 Å². The number of likely N-dealkylation sites (N-methyl/N-ethyl adjacent to an activating group) is 1. The Balaban J connectivity index is 1.40. The molecule has 0 unspecified atom stereocenters. The van der Waals surface area contributed by atoms with Gasteiger partial charge in [-0.25, -0.2) is 0 Å². The molecule has 1 aromatic carbocycles. The van der Waals surface area contributed by atoms with Gasteiger partial charge in [-0.2, -0.15) is 13.2 Å². The minimum atomic E-state index is -4.35. The Morgan fingerprint density at radius 3 is 2.64 bits per heavy atom. The van der Waals surface area contributed by atoms with Crippen molar-refractivity contribution < 1.29 is 23.1 Å². The molecule has 1 heterocycles. The van der Waals surface area contributed by atoms with Crippen LogP contribution >= 0.6 is 0 Å². The van der Waals surface area contributed by atoms with Gasteiger partial charge in [0.1, 0.15) is 0 Å². The minimum absolute atomic E-state index is 0.0288. The first kappa shape index (κ1) is 22.9. The zero-order valence-corrected chi connectivity index (χ0v) is 19.6. The van der Waals surface area contributed by atoms with Crippen LogP contribution in [-0.2, 0) is 17.4 Å². The molecule has 0 bridgehead atoms. The van der Waals surface area contributed by atoms with Gasteiger partial charge in [-0.3, -0.25) is 4.79 Å². The standard InChI is InChI=1S/C27H34F3NO2/c1-25-12-10-23(32)31(3)22(25)8-7-19-20(25)9-11-26(2)21(19)15-17(24(26)33)13-16-5-4-6-18(14-16)27(28,29)30/h4-6,10,12,14,17,19-22,24,33H,7-9,11,13,15H2,1-3H3/t17-,19-,20+,21+,22-,24+,25-,26+/m1/s1. The topological polar surface area (TPSA) is 40.5 Å². The lowest BCUT2D eigenvalue weighted by Crippen LogP contribution is -2.59. The summed E-state index contributed by atoms with van der Waals surface area (Å²) in [7, 11) is 1.91. The number of hydrogen-bond acceptors (Lipinski definition) is 2. The SMILES string of the molecule is CN1C(=O)C=C[C@]2(C)[C@H]3CC[C@]4(C)[C@@H](O)[C@H](Cc5cccc(C(F)(F)F)c5)C[C@H]4[C@@H]3CC[C@@H]12. The van der Waals surface area contributed by atoms with Gasteiger partial charge in [-0.05, 0) is 85.3 Å². The zero-order valence-electron chi connectivity index (χ0n) is 19.6. The first-order valence-electron chi connectivity index (χ1n) is 12.3. The maximum atomic E-state index is 13.2. The maximum Gasteiger partial charge on any atom is 0.416 e. The van der Waals surface area contributed by atoms with Crippen molar-refractivity contribution in [3.8, 4) is 0 Å². The molecule has 1 aliphatic heterocycles. The highest BCUT2D eigenvalue weighted by Crippen LogP contribution is 2.65. The second kappa shape index (κ2) is 7.59. The van der Waals surface area contributed by atoms with E-state index in [9.17, 15) is 23.1 Å². The summed E-state index contributed by atoms with van der Waals surface area (Å²) in [6.07, 6.45) is 4.29. The Morgan fingerprint density at radius 1 is 1.15 bits per heavy atom. The van der Waals surface area contributed by atoms with Gasteiger partial charge in [0.15, 0.2) is 0 Å². The van der Waals surface area contributed by atoms with Gasteiger partial charge in [0.2, 0.25) is 5.91 Å². The van der Waals surface area contributed by atoms with Crippen molar-refractivity contribution >= 4 is 5.91 Å². The van der Waals surface area contributed by atoms with Crippen LogP contribution in [0.25, 0.3) is 0 Å². The average Bonchev–Trinajstić information content (AvgIpc) is 3.01. The van der Waals surface area contributed by atoms with E-state index in [2.05, 4.69) is 19.9 Å². The molecule has 0 radical (unpaired) electrons. The lowest BCUT2D eigenvalue weighted by Gasteiger charge is -2.60. The number of fused-ring (bicyclic) bond motifs is 5. The summed E-state index contributed by atoms with van der Waals surface area (Å²) in [5, 5.41) is 11.4. The van der Waals surface area contributed by atoms with E-state index in [4.69, 9.17) is 0 Å². The van der Waals surface area contributed by atoms with E-state index in [1.165, 1.54) is 12.1 Å². The quantitative estimate of drug-likeness (QED) is 0.634. The molecule has 1 amide bonds. The zero-order chi connectivity index (χ0) is 23.8. The molecule has 8 atom stereocenters. The fraction of sp³-hybridized carbons (Fsp3) is 0.667. The number of alkyl halides is 3. The Hall–Kier alpha value is -1.82. The third-order valence-corrected chi connectivity index (χ3v) is 10.00. The van der Waals surface area contributed by atoms with Crippen LogP contribution < -0.4 is 0 Å². The van der Waals surface area contributed by atoms with Crippen molar-refractivity contribution in [2.24, 2.45) is 34.5 Å². The number of aliphatic hydroxyl groups is 1. The van der Waals surface area contributed by atoms with Gasteiger partial charge in [0, 0.05) is 18.5 Å². The normalized spacial score (nSPS) is 42.6. The number of nitrogens with zero attached hydrogens (tertiary/aromatic N) is 1. The number of rotatable bonds is 2. The molecular weight excluding hydrogens is 427 g/mol. The summed E-state index contributed by atoms with van der Waals surface area (Å²) < 4.78 is 39.6. The number of hydrogen-bond donors (Lipinski definition) is 1. The summed E-state index contributed by atoms with van der Waals surface area (Å²) in [4.78, 5) is 14.2. The van der Waals surface area contributed by atoms with Crippen LogP contribution in [0.2, 0.25) is 0 Å². The van der Waals surface area contributed by atoms with E-state index in [1.807, 2.05) is 11.9 Å². The molecule has 1 aromatic rings.